The van der Waals surface area contributed by atoms with E-state index in [4.69, 9.17) is 10.1 Å². The van der Waals surface area contributed by atoms with E-state index in [1.165, 1.54) is 17.4 Å². The van der Waals surface area contributed by atoms with Gasteiger partial charge in [0.25, 0.3) is 0 Å². The third-order valence-electron chi connectivity index (χ3n) is 7.24. The summed E-state index contributed by atoms with van der Waals surface area (Å²) < 4.78 is 31.6. The van der Waals surface area contributed by atoms with Gasteiger partial charge in [0.2, 0.25) is 0 Å². The van der Waals surface area contributed by atoms with Crippen molar-refractivity contribution < 1.29 is 28.9 Å². The van der Waals surface area contributed by atoms with E-state index in [2.05, 4.69) is 121 Å². The fraction of sp³-hybridized carbons (Fsp3) is 0. The van der Waals surface area contributed by atoms with Gasteiger partial charge in [0.05, 0.1) is 0 Å². The van der Waals surface area contributed by atoms with Crippen molar-refractivity contribution in [2.75, 3.05) is 0 Å². The van der Waals surface area contributed by atoms with Crippen molar-refractivity contribution in [3.63, 3.8) is 0 Å². The van der Waals surface area contributed by atoms with Crippen molar-refractivity contribution in [1.29, 1.82) is 0 Å². The Labute approximate surface area is 324 Å². The van der Waals surface area contributed by atoms with E-state index in [1.807, 2.05) is 146 Å². The van der Waals surface area contributed by atoms with Gasteiger partial charge in [0.1, 0.15) is 0 Å². The van der Waals surface area contributed by atoms with Crippen LogP contribution in [0.2, 0.25) is 0 Å². The van der Waals surface area contributed by atoms with Gasteiger partial charge in [-0.25, -0.2) is 0 Å². The summed E-state index contributed by atoms with van der Waals surface area (Å²) in [4.78, 5) is 0. The molecule has 264 valence electrons. The van der Waals surface area contributed by atoms with Gasteiger partial charge in [-0.3, -0.25) is 0 Å². The van der Waals surface area contributed by atoms with Crippen LogP contribution in [0.1, 0.15) is 0 Å². The summed E-state index contributed by atoms with van der Waals surface area (Å²) in [7, 11) is 0. The van der Waals surface area contributed by atoms with E-state index in [1.54, 1.807) is 0 Å². The van der Waals surface area contributed by atoms with Crippen LogP contribution in [-0.4, -0.2) is 13.6 Å². The minimum atomic E-state index is -4.20. The normalized spacial score (nSPS) is 16.6. The Morgan fingerprint density at radius 2 is 0.377 bits per heavy atom. The molecule has 4 aromatic carbocycles. The molecule has 4 aromatic rings. The number of benzene rings is 4. The molecule has 3 aliphatic carbocycles. The van der Waals surface area contributed by atoms with E-state index in [0.29, 0.717) is 0 Å². The molecule has 0 saturated carbocycles. The van der Waals surface area contributed by atoms with Crippen LogP contribution in [0.4, 0.5) is 0 Å². The minimum absolute atomic E-state index is 1.45. The van der Waals surface area contributed by atoms with Crippen molar-refractivity contribution in [2.45, 2.75) is 0 Å². The quantitative estimate of drug-likeness (QED) is 0.195. The van der Waals surface area contributed by atoms with Crippen LogP contribution in [-0.2, 0) is 25.3 Å². The second kappa shape index (κ2) is 27.3. The predicted molar refractivity (Wildman–Crippen MR) is 221 cm³/mol. The average Bonchev–Trinajstić information content (AvgIpc) is 3.14. The Hall–Kier alpha value is -5.38. The van der Waals surface area contributed by atoms with Crippen LogP contribution in [0.5, 0.6) is 0 Å². The van der Waals surface area contributed by atoms with Gasteiger partial charge in [0, 0.05) is 0 Å². The third kappa shape index (κ3) is 16.7. The van der Waals surface area contributed by atoms with Gasteiger partial charge < -0.3 is 0 Å². The molecule has 7 rings (SSSR count). The molecule has 5 heteroatoms. The Bertz CT molecular complexity index is 1610. The summed E-state index contributed by atoms with van der Waals surface area (Å²) in [6.45, 7) is 0. The van der Waals surface area contributed by atoms with Gasteiger partial charge in [-0.05, 0) is 0 Å². The topological polar surface area (TPSA) is 57.2 Å². The van der Waals surface area contributed by atoms with E-state index < -0.39 is 32.3 Å². The molecule has 0 spiro atoms. The number of allylic oxidation sites excluding steroid dienone is 24. The van der Waals surface area contributed by atoms with Gasteiger partial charge in [-0.15, -0.1) is 0 Å². The van der Waals surface area contributed by atoms with E-state index in [9.17, 15) is 0 Å². The molecular weight excluding hydrogens is 792 g/mol. The monoisotopic (exact) mass is 836 g/mol. The number of hydrogen-bond acceptors (Lipinski definition) is 3. The summed E-state index contributed by atoms with van der Waals surface area (Å²) >= 11 is -6.97. The molecule has 0 N–H and O–H groups in total. The van der Waals surface area contributed by atoms with Gasteiger partial charge in [-0.1, -0.05) is 146 Å². The number of rotatable bonds is 4. The molecule has 0 fully saturated rings. The Balaban J connectivity index is 0.000000219. The average molecular weight is 837 g/mol. The molecule has 3 nitrogen and oxygen atoms in total. The Kier molecular flexibility index (Phi) is 21.6. The van der Waals surface area contributed by atoms with Crippen LogP contribution >= 0.6 is 0 Å². The molecule has 0 aromatic heterocycles. The molecular formula is C48H44AsNbO3. The van der Waals surface area contributed by atoms with Crippen LogP contribution < -0.4 is 21.0 Å². The Morgan fingerprint density at radius 3 is 0.491 bits per heavy atom. The molecule has 53 heavy (non-hydrogen) atoms. The standard InChI is InChI=1S/C24H20As.3C8H8.Nb.3O/c1-5-13-21(14-6-1)25(22-15-7-2-8-16-22,23-17-9-3-10-18-23)24-19-11-4-12-20-24;3*1-2-4-6-8-7-5-3-1;;;;/h1-20H;3*1-8H;;;;/q+1;;;;;;;-1/b;3*2-1-,3-1?,4-2?,5-3-,6-4?,7-5?,8-6?,8-7?;;;;. The zero-order chi connectivity index (χ0) is 37.5. The summed E-state index contributed by atoms with van der Waals surface area (Å²) in [5.41, 5.74) is 0. The molecule has 0 bridgehead atoms. The molecule has 0 atom stereocenters. The van der Waals surface area contributed by atoms with Crippen molar-refractivity contribution in [3.8, 4) is 0 Å². The zero-order valence-electron chi connectivity index (χ0n) is 29.5. The Morgan fingerprint density at radius 1 is 0.264 bits per heavy atom. The van der Waals surface area contributed by atoms with Gasteiger partial charge in [-0.2, -0.15) is 0 Å². The first-order chi connectivity index (χ1) is 26.2. The first kappa shape index (κ1) is 42.0. The second-order valence-corrected chi connectivity index (χ2v) is 19.1. The molecule has 0 aliphatic heterocycles. The summed E-state index contributed by atoms with van der Waals surface area (Å²) in [6, 6.07) is 44.2. The van der Waals surface area contributed by atoms with Crippen LogP contribution in [0.15, 0.2) is 267 Å². The molecule has 0 heterocycles. The van der Waals surface area contributed by atoms with Gasteiger partial charge in [0.15, 0.2) is 0 Å². The zero-order valence-corrected chi connectivity index (χ0v) is 33.6. The first-order valence-electron chi connectivity index (χ1n) is 17.1. The fourth-order valence-corrected chi connectivity index (χ4v) is 14.0. The number of hydrogen-bond donors (Lipinski definition) is 0. The maximum absolute atomic E-state index is 8.60. The summed E-state index contributed by atoms with van der Waals surface area (Å²) in [5, 5.41) is 0. The van der Waals surface area contributed by atoms with Crippen molar-refractivity contribution in [3.05, 3.63) is 267 Å². The van der Waals surface area contributed by atoms with E-state index in [-0.39, 0.29) is 0 Å². The van der Waals surface area contributed by atoms with Crippen molar-refractivity contribution >= 4 is 31.0 Å². The SMILES string of the molecule is C1=C/C=C\C=C/C=C1.C1=C/C=C\C=C/C=C1.C1=C/C=C\C=C/C=C1.[O]=[Nb](=[O])[O-].c1ccc([As+](c2ccccc2)(c2ccccc2)c2ccccc2)cc1. The molecule has 3 aliphatic rings. The summed E-state index contributed by atoms with van der Waals surface area (Å²) in [6.07, 6.45) is 48.0. The van der Waals surface area contributed by atoms with Gasteiger partial charge >= 0.3 is 181 Å². The third-order valence-corrected chi connectivity index (χ3v) is 16.2. The van der Waals surface area contributed by atoms with E-state index >= 15 is 0 Å². The fourth-order valence-electron chi connectivity index (χ4n) is 5.04. The summed E-state index contributed by atoms with van der Waals surface area (Å²) in [5.74, 6) is 0. The second-order valence-electron chi connectivity index (χ2n) is 10.9. The predicted octanol–water partition coefficient (Wildman–Crippen LogP) is 8.31. The first-order valence-corrected chi connectivity index (χ1v) is 23.5. The van der Waals surface area contributed by atoms with Crippen LogP contribution in [0.3, 0.4) is 0 Å². The molecule has 0 amide bonds. The van der Waals surface area contributed by atoms with E-state index in [0.717, 1.165) is 0 Å². The van der Waals surface area contributed by atoms with Crippen LogP contribution in [0, 0.1) is 0 Å². The van der Waals surface area contributed by atoms with Crippen molar-refractivity contribution in [1.82, 2.24) is 0 Å². The maximum atomic E-state index is 8.60. The van der Waals surface area contributed by atoms with Crippen molar-refractivity contribution in [2.24, 2.45) is 0 Å². The van der Waals surface area contributed by atoms with Crippen LogP contribution in [0.25, 0.3) is 0 Å². The molecule has 0 radical (unpaired) electrons. The molecule has 0 saturated heterocycles. The molecule has 0 unspecified atom stereocenters.